The van der Waals surface area contributed by atoms with E-state index in [0.29, 0.717) is 10.8 Å². The van der Waals surface area contributed by atoms with Crippen LogP contribution in [-0.2, 0) is 16.6 Å². The molecule has 22 heavy (non-hydrogen) atoms. The summed E-state index contributed by atoms with van der Waals surface area (Å²) in [6.07, 6.45) is -3.82. The van der Waals surface area contributed by atoms with Gasteiger partial charge in [-0.25, -0.2) is 4.98 Å². The van der Waals surface area contributed by atoms with Crippen molar-refractivity contribution in [2.45, 2.75) is 19.2 Å². The molecule has 2 rings (SSSR count). The topological polar surface area (TPSA) is 56.1 Å². The second-order valence-corrected chi connectivity index (χ2v) is 5.46. The molecule has 9 heteroatoms. The summed E-state index contributed by atoms with van der Waals surface area (Å²) in [5.41, 5.74) is 1.55. The molecule has 5 nitrogen and oxygen atoms in total. The first-order chi connectivity index (χ1) is 10.3. The van der Waals surface area contributed by atoms with Gasteiger partial charge in [0.15, 0.2) is 5.13 Å². The number of aromatic nitrogens is 2. The predicted molar refractivity (Wildman–Crippen MR) is 76.6 cm³/mol. The number of carbonyl (C=O) groups excluding carboxylic acids is 1. The summed E-state index contributed by atoms with van der Waals surface area (Å²) in [5.74, 6) is -0.669. The Hall–Kier alpha value is -1.87. The fourth-order valence-electron chi connectivity index (χ4n) is 1.68. The molecular weight excluding hydrogens is 319 g/mol. The van der Waals surface area contributed by atoms with Crippen LogP contribution in [0.3, 0.4) is 0 Å². The number of carbonyl (C=O) groups is 1. The maximum Gasteiger partial charge on any atom is 0.411 e. The van der Waals surface area contributed by atoms with Crippen molar-refractivity contribution in [3.05, 3.63) is 23.7 Å². The molecule has 1 N–H and O–H groups in total. The fourth-order valence-corrected chi connectivity index (χ4v) is 2.39. The van der Waals surface area contributed by atoms with Crippen molar-refractivity contribution in [2.24, 2.45) is 7.05 Å². The SMILES string of the molecule is CC(OCC(F)(F)F)C(=O)Nc1nc(-c2cccn2C)cs1. The van der Waals surface area contributed by atoms with Crippen LogP contribution < -0.4 is 5.32 Å². The highest BCUT2D eigenvalue weighted by atomic mass is 32.1. The van der Waals surface area contributed by atoms with E-state index in [-0.39, 0.29) is 0 Å². The number of nitrogens with one attached hydrogen (secondary N) is 1. The number of nitrogens with zero attached hydrogens (tertiary/aromatic N) is 2. The molecule has 1 amide bonds. The van der Waals surface area contributed by atoms with Gasteiger partial charge in [-0.15, -0.1) is 11.3 Å². The Labute approximate surface area is 128 Å². The number of halogens is 3. The van der Waals surface area contributed by atoms with E-state index in [1.54, 1.807) is 5.38 Å². The highest BCUT2D eigenvalue weighted by Gasteiger charge is 2.30. The Kier molecular flexibility index (Phi) is 4.87. The molecule has 0 aromatic carbocycles. The summed E-state index contributed by atoms with van der Waals surface area (Å²) in [4.78, 5) is 16.0. The highest BCUT2D eigenvalue weighted by Crippen LogP contribution is 2.25. The largest absolute Gasteiger partial charge is 0.411 e. The van der Waals surface area contributed by atoms with Gasteiger partial charge in [0.1, 0.15) is 12.7 Å². The number of hydrogen-bond acceptors (Lipinski definition) is 4. The van der Waals surface area contributed by atoms with E-state index in [1.807, 2.05) is 29.9 Å². The van der Waals surface area contributed by atoms with Crippen LogP contribution in [0.5, 0.6) is 0 Å². The minimum atomic E-state index is -4.46. The average Bonchev–Trinajstić information content (AvgIpc) is 3.03. The minimum absolute atomic E-state index is 0.309. The molecular formula is C13H14F3N3O2S. The first kappa shape index (κ1) is 16.5. The van der Waals surface area contributed by atoms with Crippen molar-refractivity contribution < 1.29 is 22.7 Å². The van der Waals surface area contributed by atoms with E-state index < -0.39 is 24.8 Å². The molecule has 2 heterocycles. The summed E-state index contributed by atoms with van der Waals surface area (Å²) in [6, 6.07) is 3.73. The predicted octanol–water partition coefficient (Wildman–Crippen LogP) is 3.05. The van der Waals surface area contributed by atoms with Gasteiger partial charge in [-0.2, -0.15) is 13.2 Å². The van der Waals surface area contributed by atoms with E-state index in [1.165, 1.54) is 18.3 Å². The van der Waals surface area contributed by atoms with Crippen molar-refractivity contribution >= 4 is 22.4 Å². The normalized spacial score (nSPS) is 13.1. The number of amides is 1. The van der Waals surface area contributed by atoms with E-state index >= 15 is 0 Å². The minimum Gasteiger partial charge on any atom is -0.359 e. The lowest BCUT2D eigenvalue weighted by molar-refractivity contribution is -0.184. The van der Waals surface area contributed by atoms with Crippen LogP contribution in [0.1, 0.15) is 6.92 Å². The number of hydrogen-bond donors (Lipinski definition) is 1. The summed E-state index contributed by atoms with van der Waals surface area (Å²) < 4.78 is 42.5. The summed E-state index contributed by atoms with van der Waals surface area (Å²) in [5, 5.41) is 4.51. The van der Waals surface area contributed by atoms with Crippen LogP contribution >= 0.6 is 11.3 Å². The molecule has 2 aromatic rings. The van der Waals surface area contributed by atoms with Crippen LogP contribution in [-0.4, -0.2) is 34.3 Å². The maximum absolute atomic E-state index is 12.0. The van der Waals surface area contributed by atoms with Crippen LogP contribution in [0.4, 0.5) is 18.3 Å². The highest BCUT2D eigenvalue weighted by molar-refractivity contribution is 7.14. The monoisotopic (exact) mass is 333 g/mol. The lowest BCUT2D eigenvalue weighted by Gasteiger charge is -2.13. The van der Waals surface area contributed by atoms with Crippen LogP contribution in [0.2, 0.25) is 0 Å². The second kappa shape index (κ2) is 6.49. The Morgan fingerprint density at radius 2 is 2.27 bits per heavy atom. The zero-order valence-electron chi connectivity index (χ0n) is 11.8. The first-order valence-electron chi connectivity index (χ1n) is 6.33. The zero-order valence-corrected chi connectivity index (χ0v) is 12.7. The number of alkyl halides is 3. The fraction of sp³-hybridized carbons (Fsp3) is 0.385. The molecule has 0 aliphatic carbocycles. The van der Waals surface area contributed by atoms with E-state index in [0.717, 1.165) is 5.69 Å². The third-order valence-electron chi connectivity index (χ3n) is 2.81. The number of aryl methyl sites for hydroxylation is 1. The van der Waals surface area contributed by atoms with Crippen molar-refractivity contribution in [3.63, 3.8) is 0 Å². The molecule has 0 saturated heterocycles. The van der Waals surface area contributed by atoms with Gasteiger partial charge in [-0.3, -0.25) is 10.1 Å². The standard InChI is InChI=1S/C13H14F3N3O2S/c1-8(21-7-13(14,15)16)11(20)18-12-17-9(6-22-12)10-4-3-5-19(10)2/h3-6,8H,7H2,1-2H3,(H,17,18,20). The molecule has 1 atom stereocenters. The van der Waals surface area contributed by atoms with Crippen molar-refractivity contribution in [1.29, 1.82) is 0 Å². The van der Waals surface area contributed by atoms with Crippen molar-refractivity contribution in [1.82, 2.24) is 9.55 Å². The molecule has 0 aliphatic rings. The lowest BCUT2D eigenvalue weighted by Crippen LogP contribution is -2.31. The average molecular weight is 333 g/mol. The Bertz CT molecular complexity index is 651. The smallest absolute Gasteiger partial charge is 0.359 e. The second-order valence-electron chi connectivity index (χ2n) is 4.60. The maximum atomic E-state index is 12.0. The van der Waals surface area contributed by atoms with E-state index in [9.17, 15) is 18.0 Å². The van der Waals surface area contributed by atoms with Crippen LogP contribution in [0.25, 0.3) is 11.4 Å². The van der Waals surface area contributed by atoms with Gasteiger partial charge in [-0.05, 0) is 19.1 Å². The number of rotatable bonds is 5. The molecule has 0 aliphatic heterocycles. The summed E-state index contributed by atoms with van der Waals surface area (Å²) in [7, 11) is 1.86. The Balaban J connectivity index is 1.95. The lowest BCUT2D eigenvalue weighted by atomic mass is 10.3. The molecule has 0 bridgehead atoms. The van der Waals surface area contributed by atoms with E-state index in [2.05, 4.69) is 15.0 Å². The third-order valence-corrected chi connectivity index (χ3v) is 3.56. The van der Waals surface area contributed by atoms with Gasteiger partial charge in [0.05, 0.1) is 11.4 Å². The molecule has 120 valence electrons. The molecule has 0 spiro atoms. The first-order valence-corrected chi connectivity index (χ1v) is 7.20. The molecule has 0 radical (unpaired) electrons. The number of thiazole rings is 1. The zero-order chi connectivity index (χ0) is 16.3. The van der Waals surface area contributed by atoms with Gasteiger partial charge in [-0.1, -0.05) is 0 Å². The molecule has 0 fully saturated rings. The van der Waals surface area contributed by atoms with Crippen LogP contribution in [0.15, 0.2) is 23.7 Å². The summed E-state index contributed by atoms with van der Waals surface area (Å²) in [6.45, 7) is -0.207. The van der Waals surface area contributed by atoms with Gasteiger partial charge in [0.2, 0.25) is 0 Å². The quantitative estimate of drug-likeness (QED) is 0.915. The summed E-state index contributed by atoms with van der Waals surface area (Å²) >= 11 is 1.19. The molecule has 1 unspecified atom stereocenters. The van der Waals surface area contributed by atoms with Gasteiger partial charge in [0, 0.05) is 18.6 Å². The number of anilines is 1. The van der Waals surface area contributed by atoms with Crippen molar-refractivity contribution in [2.75, 3.05) is 11.9 Å². The third kappa shape index (κ3) is 4.31. The van der Waals surface area contributed by atoms with Gasteiger partial charge < -0.3 is 9.30 Å². The van der Waals surface area contributed by atoms with Crippen LogP contribution in [0, 0.1) is 0 Å². The Morgan fingerprint density at radius 3 is 2.86 bits per heavy atom. The Morgan fingerprint density at radius 1 is 1.55 bits per heavy atom. The van der Waals surface area contributed by atoms with E-state index in [4.69, 9.17) is 0 Å². The molecule has 2 aromatic heterocycles. The van der Waals surface area contributed by atoms with Gasteiger partial charge >= 0.3 is 6.18 Å². The van der Waals surface area contributed by atoms with Crippen molar-refractivity contribution in [3.8, 4) is 11.4 Å². The molecule has 0 saturated carbocycles. The number of ether oxygens (including phenoxy) is 1. The van der Waals surface area contributed by atoms with Gasteiger partial charge in [0.25, 0.3) is 5.91 Å².